The van der Waals surface area contributed by atoms with Crippen LogP contribution >= 0.6 is 0 Å². The molecule has 0 saturated heterocycles. The number of benzene rings is 1. The number of carbonyl (C=O) groups is 1. The second-order valence-electron chi connectivity index (χ2n) is 7.70. The Labute approximate surface area is 193 Å². The third-order valence-electron chi connectivity index (χ3n) is 4.98. The van der Waals surface area contributed by atoms with Gasteiger partial charge in [-0.15, -0.1) is 0 Å². The summed E-state index contributed by atoms with van der Waals surface area (Å²) in [4.78, 5) is 26.6. The molecule has 0 aliphatic carbocycles. The third-order valence-corrected chi connectivity index (χ3v) is 4.98. The minimum atomic E-state index is -3.08. The molecule has 1 heterocycles. The molecule has 0 spiro atoms. The number of likely N-dealkylation sites (N-methyl/N-ethyl adjacent to an activating group) is 1. The largest absolute Gasteiger partial charge is 0.474 e. The van der Waals surface area contributed by atoms with Crippen LogP contribution in [0, 0.1) is 6.92 Å². The van der Waals surface area contributed by atoms with Crippen LogP contribution in [0.3, 0.4) is 0 Å². The fourth-order valence-corrected chi connectivity index (χ4v) is 3.08. The van der Waals surface area contributed by atoms with Gasteiger partial charge < -0.3 is 14.4 Å². The molecular formula is C24H30F2N4O3. The van der Waals surface area contributed by atoms with E-state index in [0.29, 0.717) is 29.3 Å². The summed E-state index contributed by atoms with van der Waals surface area (Å²) in [7, 11) is 1.61. The molecule has 1 aromatic heterocycles. The number of alkyl halides is 2. The summed E-state index contributed by atoms with van der Waals surface area (Å²) in [5.41, 5.74) is 1.54. The minimum absolute atomic E-state index is 0.102. The first kappa shape index (κ1) is 25.9. The molecule has 178 valence electrons. The normalized spacial score (nSPS) is 12.8. The van der Waals surface area contributed by atoms with Crippen LogP contribution in [-0.2, 0) is 10.7 Å². The van der Waals surface area contributed by atoms with Gasteiger partial charge in [-0.3, -0.25) is 9.79 Å². The highest BCUT2D eigenvalue weighted by Gasteiger charge is 2.27. The maximum atomic E-state index is 13.4. The molecule has 2 aromatic rings. The lowest BCUT2D eigenvalue weighted by molar-refractivity contribution is 0.0121. The van der Waals surface area contributed by atoms with E-state index >= 15 is 0 Å². The van der Waals surface area contributed by atoms with E-state index in [9.17, 15) is 13.6 Å². The maximum Gasteiger partial charge on any atom is 0.288 e. The van der Waals surface area contributed by atoms with E-state index in [0.717, 1.165) is 24.9 Å². The average Bonchev–Trinajstić information content (AvgIpc) is 2.77. The molecule has 7 nitrogen and oxygen atoms in total. The Morgan fingerprint density at radius 3 is 2.52 bits per heavy atom. The number of aryl methyl sites for hydroxylation is 1. The van der Waals surface area contributed by atoms with Gasteiger partial charge in [-0.1, -0.05) is 18.2 Å². The van der Waals surface area contributed by atoms with Gasteiger partial charge in [-0.25, -0.2) is 9.97 Å². The highest BCUT2D eigenvalue weighted by molar-refractivity contribution is 5.99. The molecule has 0 aliphatic heterocycles. The molecule has 9 heteroatoms. The fourth-order valence-electron chi connectivity index (χ4n) is 3.08. The van der Waals surface area contributed by atoms with Crippen molar-refractivity contribution in [3.8, 4) is 5.88 Å². The van der Waals surface area contributed by atoms with Crippen LogP contribution in [0.4, 0.5) is 8.78 Å². The predicted molar refractivity (Wildman–Crippen MR) is 124 cm³/mol. The van der Waals surface area contributed by atoms with E-state index in [1.807, 2.05) is 32.9 Å². The molecular weight excluding hydrogens is 430 g/mol. The van der Waals surface area contributed by atoms with Crippen molar-refractivity contribution < 1.29 is 23.0 Å². The van der Waals surface area contributed by atoms with Crippen LogP contribution in [0.2, 0.25) is 0 Å². The summed E-state index contributed by atoms with van der Waals surface area (Å²) in [5, 5.41) is 0. The highest BCUT2D eigenvalue weighted by Crippen LogP contribution is 2.25. The van der Waals surface area contributed by atoms with Gasteiger partial charge >= 0.3 is 0 Å². The maximum absolute atomic E-state index is 13.4. The number of carbonyl (C=O) groups excluding carboxylic acids is 1. The topological polar surface area (TPSA) is 76.9 Å². The molecule has 1 amide bonds. The Morgan fingerprint density at radius 2 is 1.97 bits per heavy atom. The minimum Gasteiger partial charge on any atom is -0.474 e. The first-order chi connectivity index (χ1) is 15.5. The summed E-state index contributed by atoms with van der Waals surface area (Å²) < 4.78 is 37.8. The van der Waals surface area contributed by atoms with Gasteiger partial charge in [-0.2, -0.15) is 8.78 Å². The molecule has 1 aromatic carbocycles. The number of aromatic nitrogens is 2. The van der Waals surface area contributed by atoms with Crippen LogP contribution in [0.1, 0.15) is 54.9 Å². The molecule has 0 saturated carbocycles. The zero-order valence-electron chi connectivity index (χ0n) is 19.9. The summed E-state index contributed by atoms with van der Waals surface area (Å²) in [6.45, 7) is 12.6. The molecule has 0 aliphatic rings. The van der Waals surface area contributed by atoms with Crippen molar-refractivity contribution in [3.63, 3.8) is 0 Å². The SMILES string of the molecule is C=C(OC(C)=NC)c1cc(C)ccc1C(=O)N(CC)C(C)COc1cnc(C(C)(F)F)cn1. The zero-order chi connectivity index (χ0) is 24.8. The number of nitrogens with zero attached hydrogens (tertiary/aromatic N) is 4. The van der Waals surface area contributed by atoms with Gasteiger partial charge in [0.25, 0.3) is 11.8 Å². The van der Waals surface area contributed by atoms with Gasteiger partial charge in [0.2, 0.25) is 5.88 Å². The first-order valence-corrected chi connectivity index (χ1v) is 10.5. The third kappa shape index (κ3) is 6.81. The van der Waals surface area contributed by atoms with E-state index in [-0.39, 0.29) is 24.4 Å². The lowest BCUT2D eigenvalue weighted by Crippen LogP contribution is -2.42. The van der Waals surface area contributed by atoms with Crippen molar-refractivity contribution in [1.82, 2.24) is 14.9 Å². The fraction of sp³-hybridized carbons (Fsp3) is 0.417. The standard InChI is InChI=1S/C24H30F2N4O3/c1-8-30(16(3)14-32-22-13-28-21(12-29-22)24(6,25)26)23(31)19-10-9-15(2)11-20(19)17(4)33-18(5)27-7/h9-13,16H,4,8,14H2,1-3,5-7H3. The van der Waals surface area contributed by atoms with E-state index in [2.05, 4.69) is 21.5 Å². The molecule has 0 N–H and O–H groups in total. The molecule has 0 bridgehead atoms. The van der Waals surface area contributed by atoms with Gasteiger partial charge in [-0.05, 0) is 32.9 Å². The van der Waals surface area contributed by atoms with Crippen LogP contribution in [-0.4, -0.2) is 52.9 Å². The van der Waals surface area contributed by atoms with E-state index in [4.69, 9.17) is 9.47 Å². The van der Waals surface area contributed by atoms with Gasteiger partial charge in [0, 0.05) is 33.0 Å². The van der Waals surface area contributed by atoms with Crippen molar-refractivity contribution in [3.05, 3.63) is 59.6 Å². The number of hydrogen-bond acceptors (Lipinski definition) is 6. The zero-order valence-corrected chi connectivity index (χ0v) is 19.9. The Morgan fingerprint density at radius 1 is 1.27 bits per heavy atom. The lowest BCUT2D eigenvalue weighted by atomic mass is 10.0. The second-order valence-corrected chi connectivity index (χ2v) is 7.70. The number of amides is 1. The molecule has 1 unspecified atom stereocenters. The lowest BCUT2D eigenvalue weighted by Gasteiger charge is -2.29. The van der Waals surface area contributed by atoms with Gasteiger partial charge in [0.15, 0.2) is 5.90 Å². The van der Waals surface area contributed by atoms with E-state index < -0.39 is 11.6 Å². The van der Waals surface area contributed by atoms with Crippen molar-refractivity contribution in [2.24, 2.45) is 4.99 Å². The quantitative estimate of drug-likeness (QED) is 0.303. The Bertz CT molecular complexity index is 1020. The van der Waals surface area contributed by atoms with Crippen LogP contribution in [0.15, 0.2) is 42.2 Å². The van der Waals surface area contributed by atoms with Crippen molar-refractivity contribution in [2.45, 2.75) is 46.6 Å². The Kier molecular flexibility index (Phi) is 8.62. The van der Waals surface area contributed by atoms with Crippen LogP contribution in [0.5, 0.6) is 5.88 Å². The average molecular weight is 461 g/mol. The molecule has 1 atom stereocenters. The van der Waals surface area contributed by atoms with Gasteiger partial charge in [0.05, 0.1) is 24.0 Å². The second kappa shape index (κ2) is 11.0. The number of hydrogen-bond donors (Lipinski definition) is 0. The Hall–Kier alpha value is -3.36. The van der Waals surface area contributed by atoms with Gasteiger partial charge in [0.1, 0.15) is 18.1 Å². The summed E-state index contributed by atoms with van der Waals surface area (Å²) in [6, 6.07) is 5.10. The Balaban J connectivity index is 2.18. The van der Waals surface area contributed by atoms with Crippen molar-refractivity contribution >= 4 is 17.6 Å². The van der Waals surface area contributed by atoms with Crippen molar-refractivity contribution in [1.29, 1.82) is 0 Å². The number of halogens is 2. The molecule has 33 heavy (non-hydrogen) atoms. The van der Waals surface area contributed by atoms with Crippen molar-refractivity contribution in [2.75, 3.05) is 20.2 Å². The van der Waals surface area contributed by atoms with E-state index in [1.165, 1.54) is 0 Å². The molecule has 0 fully saturated rings. The summed E-state index contributed by atoms with van der Waals surface area (Å²) in [5.74, 6) is -2.43. The highest BCUT2D eigenvalue weighted by atomic mass is 19.3. The number of ether oxygens (including phenoxy) is 2. The van der Waals surface area contributed by atoms with Crippen LogP contribution in [0.25, 0.3) is 5.76 Å². The smallest absolute Gasteiger partial charge is 0.288 e. The molecule has 2 rings (SSSR count). The predicted octanol–water partition coefficient (Wildman–Crippen LogP) is 4.86. The monoisotopic (exact) mass is 460 g/mol. The molecule has 0 radical (unpaired) electrons. The summed E-state index contributed by atoms with van der Waals surface area (Å²) in [6.07, 6.45) is 2.13. The van der Waals surface area contributed by atoms with E-state index in [1.54, 1.807) is 24.9 Å². The number of rotatable bonds is 9. The van der Waals surface area contributed by atoms with Crippen LogP contribution < -0.4 is 4.74 Å². The first-order valence-electron chi connectivity index (χ1n) is 10.5. The summed E-state index contributed by atoms with van der Waals surface area (Å²) >= 11 is 0. The number of aliphatic imine (C=N–C) groups is 1.